The van der Waals surface area contributed by atoms with Crippen molar-refractivity contribution in [2.45, 2.75) is 13.3 Å². The Balaban J connectivity index is 2.78. The molecule has 0 bridgehead atoms. The van der Waals surface area contributed by atoms with E-state index in [-0.39, 0.29) is 11.8 Å². The summed E-state index contributed by atoms with van der Waals surface area (Å²) in [6.07, 6.45) is 0.590. The maximum atomic E-state index is 10.8. The third-order valence-corrected chi connectivity index (χ3v) is 2.75. The average molecular weight is 232 g/mol. The summed E-state index contributed by atoms with van der Waals surface area (Å²) < 4.78 is 0. The summed E-state index contributed by atoms with van der Waals surface area (Å²) in [5, 5.41) is 1.02. The zero-order chi connectivity index (χ0) is 10.7. The number of halogens is 2. The minimum Gasteiger partial charge on any atom is -0.369 e. The molecular weight excluding hydrogens is 221 g/mol. The van der Waals surface area contributed by atoms with Crippen LogP contribution in [0.1, 0.15) is 12.5 Å². The molecule has 1 amide bonds. The molecule has 76 valence electrons. The average Bonchev–Trinajstić information content (AvgIpc) is 2.11. The lowest BCUT2D eigenvalue weighted by atomic mass is 10.0. The first-order chi connectivity index (χ1) is 6.50. The van der Waals surface area contributed by atoms with Crippen molar-refractivity contribution in [3.8, 4) is 0 Å². The zero-order valence-electron chi connectivity index (χ0n) is 7.76. The molecule has 0 saturated heterocycles. The van der Waals surface area contributed by atoms with Crippen molar-refractivity contribution >= 4 is 29.1 Å². The third-order valence-electron chi connectivity index (χ3n) is 2.01. The molecular formula is C10H11Cl2NO. The van der Waals surface area contributed by atoms with Gasteiger partial charge in [0, 0.05) is 5.92 Å². The maximum Gasteiger partial charge on any atom is 0.220 e. The summed E-state index contributed by atoms with van der Waals surface area (Å²) in [5.41, 5.74) is 6.12. The Morgan fingerprint density at radius 2 is 2.07 bits per heavy atom. The second-order valence-electron chi connectivity index (χ2n) is 3.26. The Bertz CT molecular complexity index is 352. The van der Waals surface area contributed by atoms with Crippen LogP contribution in [0.15, 0.2) is 18.2 Å². The highest BCUT2D eigenvalue weighted by Crippen LogP contribution is 2.23. The fraction of sp³-hybridized carbons (Fsp3) is 0.300. The molecule has 1 rings (SSSR count). The number of rotatable bonds is 3. The molecule has 0 aliphatic heterocycles. The molecule has 0 radical (unpaired) electrons. The van der Waals surface area contributed by atoms with Gasteiger partial charge in [0.25, 0.3) is 0 Å². The number of amides is 1. The van der Waals surface area contributed by atoms with Gasteiger partial charge >= 0.3 is 0 Å². The van der Waals surface area contributed by atoms with Crippen LogP contribution < -0.4 is 5.73 Å². The van der Waals surface area contributed by atoms with Gasteiger partial charge in [-0.2, -0.15) is 0 Å². The molecule has 0 spiro atoms. The van der Waals surface area contributed by atoms with E-state index in [0.29, 0.717) is 16.5 Å². The van der Waals surface area contributed by atoms with Gasteiger partial charge in [0.2, 0.25) is 5.91 Å². The molecule has 1 atom stereocenters. The highest BCUT2D eigenvalue weighted by Gasteiger charge is 2.10. The second kappa shape index (κ2) is 4.67. The van der Waals surface area contributed by atoms with E-state index in [1.54, 1.807) is 19.1 Å². The molecule has 0 aromatic heterocycles. The minimum atomic E-state index is -0.309. The van der Waals surface area contributed by atoms with E-state index in [2.05, 4.69) is 0 Å². The first-order valence-corrected chi connectivity index (χ1v) is 4.99. The molecule has 0 saturated carbocycles. The molecule has 0 unspecified atom stereocenters. The normalized spacial score (nSPS) is 12.5. The first-order valence-electron chi connectivity index (χ1n) is 4.24. The van der Waals surface area contributed by atoms with E-state index in [1.165, 1.54) is 0 Å². The van der Waals surface area contributed by atoms with Crippen LogP contribution in [0.5, 0.6) is 0 Å². The number of primary amides is 1. The summed E-state index contributed by atoms with van der Waals surface area (Å²) >= 11 is 11.6. The van der Waals surface area contributed by atoms with Crippen LogP contribution in [0.25, 0.3) is 0 Å². The number of benzene rings is 1. The summed E-state index contributed by atoms with van der Waals surface area (Å²) in [7, 11) is 0. The second-order valence-corrected chi connectivity index (χ2v) is 4.07. The minimum absolute atomic E-state index is 0.188. The van der Waals surface area contributed by atoms with Gasteiger partial charge in [0.1, 0.15) is 0 Å². The Labute approximate surface area is 93.0 Å². The van der Waals surface area contributed by atoms with Crippen molar-refractivity contribution in [2.75, 3.05) is 0 Å². The number of carbonyl (C=O) groups is 1. The Kier molecular flexibility index (Phi) is 3.78. The van der Waals surface area contributed by atoms with Crippen LogP contribution in [0.3, 0.4) is 0 Å². The fourth-order valence-corrected chi connectivity index (χ4v) is 1.44. The van der Waals surface area contributed by atoms with Crippen molar-refractivity contribution in [3.63, 3.8) is 0 Å². The van der Waals surface area contributed by atoms with Gasteiger partial charge in [0.15, 0.2) is 0 Å². The van der Waals surface area contributed by atoms with Crippen LogP contribution in [0, 0.1) is 5.92 Å². The molecule has 0 aliphatic carbocycles. The molecule has 1 aromatic rings. The van der Waals surface area contributed by atoms with E-state index in [0.717, 1.165) is 5.56 Å². The summed E-state index contributed by atoms with van der Waals surface area (Å²) in [6, 6.07) is 5.31. The lowest BCUT2D eigenvalue weighted by Gasteiger charge is -2.07. The highest BCUT2D eigenvalue weighted by molar-refractivity contribution is 6.42. The number of nitrogens with two attached hydrogens (primary N) is 1. The lowest BCUT2D eigenvalue weighted by molar-refractivity contribution is -0.121. The third kappa shape index (κ3) is 2.89. The monoisotopic (exact) mass is 231 g/mol. The van der Waals surface area contributed by atoms with Gasteiger partial charge < -0.3 is 5.73 Å². The summed E-state index contributed by atoms with van der Waals surface area (Å²) in [6.45, 7) is 1.78. The van der Waals surface area contributed by atoms with Gasteiger partial charge in [-0.25, -0.2) is 0 Å². The van der Waals surface area contributed by atoms with E-state index >= 15 is 0 Å². The van der Waals surface area contributed by atoms with Crippen molar-refractivity contribution in [1.29, 1.82) is 0 Å². The van der Waals surface area contributed by atoms with Gasteiger partial charge in [-0.15, -0.1) is 0 Å². The number of hydrogen-bond acceptors (Lipinski definition) is 1. The van der Waals surface area contributed by atoms with Crippen LogP contribution in [0.2, 0.25) is 10.0 Å². The zero-order valence-corrected chi connectivity index (χ0v) is 9.27. The fourth-order valence-electron chi connectivity index (χ4n) is 1.12. The molecule has 0 fully saturated rings. The Morgan fingerprint density at radius 1 is 1.43 bits per heavy atom. The van der Waals surface area contributed by atoms with E-state index in [4.69, 9.17) is 28.9 Å². The summed E-state index contributed by atoms with van der Waals surface area (Å²) in [5.74, 6) is -0.497. The van der Waals surface area contributed by atoms with Crippen molar-refractivity contribution in [3.05, 3.63) is 33.8 Å². The van der Waals surface area contributed by atoms with Gasteiger partial charge in [0.05, 0.1) is 10.0 Å². The van der Waals surface area contributed by atoms with Gasteiger partial charge in [-0.3, -0.25) is 4.79 Å². The first kappa shape index (κ1) is 11.3. The number of hydrogen-bond donors (Lipinski definition) is 1. The van der Waals surface area contributed by atoms with Crippen LogP contribution in [-0.4, -0.2) is 5.91 Å². The largest absolute Gasteiger partial charge is 0.369 e. The van der Waals surface area contributed by atoms with Gasteiger partial charge in [-0.1, -0.05) is 36.2 Å². The molecule has 2 N–H and O–H groups in total. The molecule has 1 aromatic carbocycles. The molecule has 0 heterocycles. The van der Waals surface area contributed by atoms with E-state index in [9.17, 15) is 4.79 Å². The molecule has 0 aliphatic rings. The van der Waals surface area contributed by atoms with Crippen LogP contribution >= 0.6 is 23.2 Å². The van der Waals surface area contributed by atoms with Crippen LogP contribution in [-0.2, 0) is 11.2 Å². The van der Waals surface area contributed by atoms with Gasteiger partial charge in [-0.05, 0) is 24.1 Å². The number of carbonyl (C=O) groups excluding carboxylic acids is 1. The Hall–Kier alpha value is -0.730. The SMILES string of the molecule is C[C@@H](Cc1ccc(Cl)c(Cl)c1)C(N)=O. The van der Waals surface area contributed by atoms with Crippen molar-refractivity contribution in [1.82, 2.24) is 0 Å². The van der Waals surface area contributed by atoms with Crippen LogP contribution in [0.4, 0.5) is 0 Å². The predicted octanol–water partition coefficient (Wildman–Crippen LogP) is 2.66. The predicted molar refractivity (Wildman–Crippen MR) is 58.5 cm³/mol. The quantitative estimate of drug-likeness (QED) is 0.855. The smallest absolute Gasteiger partial charge is 0.220 e. The lowest BCUT2D eigenvalue weighted by Crippen LogP contribution is -2.22. The Morgan fingerprint density at radius 3 is 2.57 bits per heavy atom. The highest BCUT2D eigenvalue weighted by atomic mass is 35.5. The maximum absolute atomic E-state index is 10.8. The summed E-state index contributed by atoms with van der Waals surface area (Å²) in [4.78, 5) is 10.8. The topological polar surface area (TPSA) is 43.1 Å². The van der Waals surface area contributed by atoms with E-state index < -0.39 is 0 Å². The van der Waals surface area contributed by atoms with Crippen molar-refractivity contribution < 1.29 is 4.79 Å². The molecule has 2 nitrogen and oxygen atoms in total. The van der Waals surface area contributed by atoms with E-state index in [1.807, 2.05) is 6.07 Å². The standard InChI is InChI=1S/C10H11Cl2NO/c1-6(10(13)14)4-7-2-3-8(11)9(12)5-7/h2-3,5-6H,4H2,1H3,(H2,13,14)/t6-/m0/s1. The molecule has 14 heavy (non-hydrogen) atoms. The van der Waals surface area contributed by atoms with Crippen molar-refractivity contribution in [2.24, 2.45) is 11.7 Å². The molecule has 4 heteroatoms.